The van der Waals surface area contributed by atoms with Crippen LogP contribution >= 0.6 is 0 Å². The Hall–Kier alpha value is -1.33. The first-order valence-corrected chi connectivity index (χ1v) is 5.61. The quantitative estimate of drug-likeness (QED) is 0.735. The third kappa shape index (κ3) is 5.51. The molecule has 0 radical (unpaired) electrons. The lowest BCUT2D eigenvalue weighted by Gasteiger charge is -2.10. The molecule has 0 fully saturated rings. The van der Waals surface area contributed by atoms with Crippen LogP contribution in [0.25, 0.3) is 0 Å². The van der Waals surface area contributed by atoms with Crippen molar-refractivity contribution in [3.8, 4) is 0 Å². The molecule has 2 N–H and O–H groups in total. The first kappa shape index (κ1) is 13.7. The van der Waals surface area contributed by atoms with E-state index in [0.29, 0.717) is 12.8 Å². The lowest BCUT2D eigenvalue weighted by molar-refractivity contribution is -0.121. The summed E-state index contributed by atoms with van der Waals surface area (Å²) in [7, 11) is 1.50. The van der Waals surface area contributed by atoms with Gasteiger partial charge in [-0.15, -0.1) is 0 Å². The van der Waals surface area contributed by atoms with Gasteiger partial charge in [0.1, 0.15) is 11.5 Å². The number of hydrogen-bond donors (Lipinski definition) is 2. The number of amides is 1. The van der Waals surface area contributed by atoms with Crippen LogP contribution in [0.1, 0.15) is 17.9 Å². The summed E-state index contributed by atoms with van der Waals surface area (Å²) in [6.07, 6.45) is 0.266. The lowest BCUT2D eigenvalue weighted by atomic mass is 10.2. The lowest BCUT2D eigenvalue weighted by Crippen LogP contribution is -2.34. The van der Waals surface area contributed by atoms with Crippen LogP contribution < -0.4 is 5.32 Å². The van der Waals surface area contributed by atoms with Crippen LogP contribution in [0.15, 0.2) is 16.5 Å². The molecule has 0 spiro atoms. The maximum Gasteiger partial charge on any atom is 0.220 e. The fourth-order valence-corrected chi connectivity index (χ4v) is 1.43. The minimum atomic E-state index is -0.658. The van der Waals surface area contributed by atoms with Crippen molar-refractivity contribution in [1.82, 2.24) is 5.32 Å². The van der Waals surface area contributed by atoms with Gasteiger partial charge in [-0.25, -0.2) is 0 Å². The van der Waals surface area contributed by atoms with E-state index in [1.807, 2.05) is 19.1 Å². The number of nitrogens with one attached hydrogen (secondary N) is 1. The average Bonchev–Trinajstić information content (AvgIpc) is 2.70. The van der Waals surface area contributed by atoms with Gasteiger partial charge < -0.3 is 19.6 Å². The molecule has 1 atom stereocenters. The second-order valence-electron chi connectivity index (χ2n) is 3.93. The molecule has 5 heteroatoms. The Morgan fingerprint density at radius 2 is 2.35 bits per heavy atom. The highest BCUT2D eigenvalue weighted by atomic mass is 16.5. The highest BCUT2D eigenvalue weighted by molar-refractivity contribution is 5.76. The van der Waals surface area contributed by atoms with Gasteiger partial charge in [0.25, 0.3) is 0 Å². The van der Waals surface area contributed by atoms with E-state index in [-0.39, 0.29) is 19.1 Å². The highest BCUT2D eigenvalue weighted by Gasteiger charge is 2.07. The highest BCUT2D eigenvalue weighted by Crippen LogP contribution is 2.08. The maximum absolute atomic E-state index is 11.4. The fourth-order valence-electron chi connectivity index (χ4n) is 1.43. The molecule has 0 aliphatic rings. The second kappa shape index (κ2) is 7.09. The Kier molecular flexibility index (Phi) is 5.72. The fraction of sp³-hybridized carbons (Fsp3) is 0.583. The molecule has 0 bridgehead atoms. The molecule has 96 valence electrons. The van der Waals surface area contributed by atoms with Gasteiger partial charge in [0, 0.05) is 26.5 Å². The number of aliphatic hydroxyl groups is 1. The van der Waals surface area contributed by atoms with Crippen molar-refractivity contribution in [3.05, 3.63) is 23.7 Å². The van der Waals surface area contributed by atoms with E-state index in [1.165, 1.54) is 7.11 Å². The summed E-state index contributed by atoms with van der Waals surface area (Å²) < 4.78 is 10.1. The van der Waals surface area contributed by atoms with E-state index in [2.05, 4.69) is 5.32 Å². The zero-order valence-electron chi connectivity index (χ0n) is 10.2. The van der Waals surface area contributed by atoms with Crippen molar-refractivity contribution >= 4 is 5.91 Å². The van der Waals surface area contributed by atoms with Crippen LogP contribution in [0.2, 0.25) is 0 Å². The molecule has 0 unspecified atom stereocenters. The Bertz CT molecular complexity index is 348. The molecule has 0 aromatic carbocycles. The van der Waals surface area contributed by atoms with Crippen molar-refractivity contribution in [3.63, 3.8) is 0 Å². The molecule has 1 aromatic heterocycles. The van der Waals surface area contributed by atoms with Crippen molar-refractivity contribution in [2.45, 2.75) is 25.9 Å². The Labute approximate surface area is 101 Å². The van der Waals surface area contributed by atoms with E-state index in [1.54, 1.807) is 0 Å². The van der Waals surface area contributed by atoms with Gasteiger partial charge in [0.05, 0.1) is 12.7 Å². The van der Waals surface area contributed by atoms with Gasteiger partial charge in [-0.3, -0.25) is 4.79 Å². The predicted octanol–water partition coefficient (Wildman–Crippen LogP) is 0.644. The van der Waals surface area contributed by atoms with Crippen molar-refractivity contribution in [2.24, 2.45) is 0 Å². The second-order valence-corrected chi connectivity index (χ2v) is 3.93. The smallest absolute Gasteiger partial charge is 0.220 e. The topological polar surface area (TPSA) is 71.7 Å². The van der Waals surface area contributed by atoms with Crippen LogP contribution in [-0.2, 0) is 16.0 Å². The van der Waals surface area contributed by atoms with E-state index in [4.69, 9.17) is 9.15 Å². The number of methoxy groups -OCH3 is 1. The molecule has 0 saturated heterocycles. The van der Waals surface area contributed by atoms with E-state index >= 15 is 0 Å². The zero-order valence-corrected chi connectivity index (χ0v) is 10.2. The van der Waals surface area contributed by atoms with Gasteiger partial charge in [-0.2, -0.15) is 0 Å². The Morgan fingerprint density at radius 1 is 1.59 bits per heavy atom. The molecule has 1 rings (SSSR count). The van der Waals surface area contributed by atoms with Gasteiger partial charge in [-0.1, -0.05) is 0 Å². The number of hydrogen-bond acceptors (Lipinski definition) is 4. The van der Waals surface area contributed by atoms with Crippen molar-refractivity contribution in [1.29, 1.82) is 0 Å². The van der Waals surface area contributed by atoms with Crippen LogP contribution in [-0.4, -0.2) is 37.4 Å². The number of aliphatic hydroxyl groups excluding tert-OH is 1. The Morgan fingerprint density at radius 3 is 2.94 bits per heavy atom. The zero-order chi connectivity index (χ0) is 12.7. The maximum atomic E-state index is 11.4. The molecule has 17 heavy (non-hydrogen) atoms. The van der Waals surface area contributed by atoms with Gasteiger partial charge >= 0.3 is 0 Å². The van der Waals surface area contributed by atoms with Crippen molar-refractivity contribution < 1.29 is 19.1 Å². The summed E-state index contributed by atoms with van der Waals surface area (Å²) in [5, 5.41) is 12.0. The molecular weight excluding hydrogens is 222 g/mol. The Balaban J connectivity index is 2.17. The van der Waals surface area contributed by atoms with E-state index in [0.717, 1.165) is 11.5 Å². The third-order valence-corrected chi connectivity index (χ3v) is 2.29. The first-order valence-electron chi connectivity index (χ1n) is 5.61. The molecule has 5 nitrogen and oxygen atoms in total. The minimum absolute atomic E-state index is 0.103. The molecule has 1 amide bonds. The van der Waals surface area contributed by atoms with E-state index in [9.17, 15) is 9.90 Å². The summed E-state index contributed by atoms with van der Waals surface area (Å²) in [4.78, 5) is 11.4. The summed E-state index contributed by atoms with van der Waals surface area (Å²) in [5.74, 6) is 1.54. The number of carbonyl (C=O) groups is 1. The third-order valence-electron chi connectivity index (χ3n) is 2.29. The number of rotatable bonds is 7. The monoisotopic (exact) mass is 241 g/mol. The normalized spacial score (nSPS) is 12.4. The van der Waals surface area contributed by atoms with Crippen molar-refractivity contribution in [2.75, 3.05) is 20.3 Å². The van der Waals surface area contributed by atoms with Gasteiger partial charge in [0.15, 0.2) is 0 Å². The minimum Gasteiger partial charge on any atom is -0.466 e. The summed E-state index contributed by atoms with van der Waals surface area (Å²) >= 11 is 0. The van der Waals surface area contributed by atoms with Gasteiger partial charge in [-0.05, 0) is 19.1 Å². The number of furan rings is 1. The summed E-state index contributed by atoms with van der Waals surface area (Å²) in [6.45, 7) is 2.30. The average molecular weight is 241 g/mol. The molecule has 1 heterocycles. The molecule has 0 aliphatic carbocycles. The number of carbonyl (C=O) groups excluding carboxylic acids is 1. The van der Waals surface area contributed by atoms with Crippen LogP contribution in [0.3, 0.4) is 0 Å². The largest absolute Gasteiger partial charge is 0.466 e. The molecule has 0 aliphatic heterocycles. The van der Waals surface area contributed by atoms with Gasteiger partial charge in [0.2, 0.25) is 5.91 Å². The first-order chi connectivity index (χ1) is 8.11. The van der Waals surface area contributed by atoms with Crippen LogP contribution in [0.5, 0.6) is 0 Å². The summed E-state index contributed by atoms with van der Waals surface area (Å²) in [5.41, 5.74) is 0. The molecule has 1 aromatic rings. The standard InChI is InChI=1S/C12H19NO4/c1-9-3-4-11(17-9)5-6-12(15)13-7-10(14)8-16-2/h3-4,10,14H,5-8H2,1-2H3,(H,13,15)/t10-/m1/s1. The van der Waals surface area contributed by atoms with E-state index < -0.39 is 6.10 Å². The number of ether oxygens (including phenoxy) is 1. The molecule has 0 saturated carbocycles. The summed E-state index contributed by atoms with van der Waals surface area (Å²) in [6, 6.07) is 3.73. The van der Waals surface area contributed by atoms with Crippen LogP contribution in [0.4, 0.5) is 0 Å². The predicted molar refractivity (Wildman–Crippen MR) is 62.7 cm³/mol. The number of aryl methyl sites for hydroxylation is 2. The van der Waals surface area contributed by atoms with Crippen LogP contribution in [0, 0.1) is 6.92 Å². The molecular formula is C12H19NO4. The SMILES string of the molecule is COC[C@H](O)CNC(=O)CCc1ccc(C)o1.